The van der Waals surface area contributed by atoms with Crippen LogP contribution >= 0.6 is 12.2 Å². The number of imidazole rings is 1. The molecule has 20 heavy (non-hydrogen) atoms. The number of aromatic amines is 1. The number of hydrogen-bond donors (Lipinski definition) is 1. The Morgan fingerprint density at radius 1 is 1.25 bits per heavy atom. The number of rotatable bonds is 1. The van der Waals surface area contributed by atoms with E-state index in [4.69, 9.17) is 12.2 Å². The second-order valence-corrected chi connectivity index (χ2v) is 8.13. The first kappa shape index (κ1) is 13.8. The highest BCUT2D eigenvalue weighted by atomic mass is 32.1. The van der Waals surface area contributed by atoms with E-state index in [0.717, 1.165) is 28.8 Å². The number of fused-ring (bicyclic) bond motifs is 1. The van der Waals surface area contributed by atoms with Gasteiger partial charge in [-0.1, -0.05) is 27.7 Å². The monoisotopic (exact) mass is 289 g/mol. The van der Waals surface area contributed by atoms with E-state index in [-0.39, 0.29) is 0 Å². The van der Waals surface area contributed by atoms with Gasteiger partial charge in [0.15, 0.2) is 10.4 Å². The van der Waals surface area contributed by atoms with Crippen LogP contribution in [0.3, 0.4) is 0 Å². The summed E-state index contributed by atoms with van der Waals surface area (Å²) in [5.41, 5.74) is 2.73. The zero-order valence-electron chi connectivity index (χ0n) is 12.7. The third-order valence-electron chi connectivity index (χ3n) is 4.37. The molecule has 0 unspecified atom stereocenters. The number of aromatic nitrogens is 3. The number of nitrogens with zero attached hydrogens (tertiary/aromatic N) is 2. The number of hydrogen-bond acceptors (Lipinski definition) is 2. The van der Waals surface area contributed by atoms with Crippen molar-refractivity contribution in [2.45, 2.75) is 53.0 Å². The third-order valence-corrected chi connectivity index (χ3v) is 4.67. The molecule has 2 aromatic heterocycles. The maximum Gasteiger partial charge on any atom is 0.179 e. The Balaban J connectivity index is 2.11. The Morgan fingerprint density at radius 2 is 1.90 bits per heavy atom. The van der Waals surface area contributed by atoms with Crippen LogP contribution in [-0.2, 0) is 0 Å². The average Bonchev–Trinajstić information content (AvgIpc) is 2.60. The molecule has 0 saturated heterocycles. The van der Waals surface area contributed by atoms with Gasteiger partial charge in [0.2, 0.25) is 0 Å². The van der Waals surface area contributed by atoms with Crippen LogP contribution in [0, 0.1) is 15.6 Å². The van der Waals surface area contributed by atoms with Gasteiger partial charge in [0, 0.05) is 12.2 Å². The van der Waals surface area contributed by atoms with Crippen molar-refractivity contribution in [1.29, 1.82) is 0 Å². The van der Waals surface area contributed by atoms with E-state index in [1.165, 1.54) is 6.42 Å². The lowest BCUT2D eigenvalue weighted by molar-refractivity contribution is 0.0731. The fraction of sp³-hybridized carbons (Fsp3) is 0.625. The Hall–Kier alpha value is -1.16. The Bertz CT molecular complexity index is 677. The minimum Gasteiger partial charge on any atom is -0.329 e. The van der Waals surface area contributed by atoms with Crippen LogP contribution in [0.4, 0.5) is 0 Å². The molecule has 0 atom stereocenters. The van der Waals surface area contributed by atoms with E-state index in [1.807, 2.05) is 18.3 Å². The molecule has 2 aromatic rings. The average molecular weight is 289 g/mol. The summed E-state index contributed by atoms with van der Waals surface area (Å²) in [6, 6.07) is 4.44. The van der Waals surface area contributed by atoms with Gasteiger partial charge in [0.05, 0.1) is 5.52 Å². The lowest BCUT2D eigenvalue weighted by atomic mass is 9.63. The first-order valence-corrected chi connectivity index (χ1v) is 7.74. The van der Waals surface area contributed by atoms with Crippen LogP contribution < -0.4 is 0 Å². The zero-order chi connectivity index (χ0) is 14.5. The molecule has 2 heterocycles. The molecule has 0 aliphatic heterocycles. The summed E-state index contributed by atoms with van der Waals surface area (Å²) in [4.78, 5) is 7.83. The van der Waals surface area contributed by atoms with Gasteiger partial charge in [-0.05, 0) is 54.4 Å². The van der Waals surface area contributed by atoms with Gasteiger partial charge in [0.25, 0.3) is 0 Å². The van der Waals surface area contributed by atoms with Gasteiger partial charge in [-0.3, -0.25) is 4.57 Å². The van der Waals surface area contributed by atoms with Gasteiger partial charge in [-0.15, -0.1) is 0 Å². The Labute approximate surface area is 125 Å². The first-order valence-electron chi connectivity index (χ1n) is 7.33. The van der Waals surface area contributed by atoms with Gasteiger partial charge in [-0.2, -0.15) is 0 Å². The molecule has 0 bridgehead atoms. The van der Waals surface area contributed by atoms with E-state index in [9.17, 15) is 0 Å². The maximum atomic E-state index is 5.55. The van der Waals surface area contributed by atoms with Crippen molar-refractivity contribution >= 4 is 23.4 Å². The van der Waals surface area contributed by atoms with Crippen LogP contribution in [0.25, 0.3) is 11.2 Å². The summed E-state index contributed by atoms with van der Waals surface area (Å²) in [5.74, 6) is 0. The molecule has 3 rings (SSSR count). The summed E-state index contributed by atoms with van der Waals surface area (Å²) in [6.07, 6.45) is 5.43. The highest BCUT2D eigenvalue weighted by Crippen LogP contribution is 2.50. The molecule has 4 heteroatoms. The topological polar surface area (TPSA) is 33.6 Å². The Kier molecular flexibility index (Phi) is 3.05. The van der Waals surface area contributed by atoms with Crippen molar-refractivity contribution in [2.75, 3.05) is 0 Å². The van der Waals surface area contributed by atoms with Crippen molar-refractivity contribution in [2.24, 2.45) is 10.8 Å². The summed E-state index contributed by atoms with van der Waals surface area (Å²) in [6.45, 7) is 9.47. The quantitative estimate of drug-likeness (QED) is 0.760. The molecule has 108 valence electrons. The fourth-order valence-corrected chi connectivity index (χ4v) is 4.61. The predicted molar refractivity (Wildman–Crippen MR) is 85.4 cm³/mol. The van der Waals surface area contributed by atoms with E-state index in [1.54, 1.807) is 0 Å². The molecule has 1 fully saturated rings. The largest absolute Gasteiger partial charge is 0.329 e. The van der Waals surface area contributed by atoms with Crippen molar-refractivity contribution in [3.05, 3.63) is 23.1 Å². The third kappa shape index (κ3) is 2.41. The maximum absolute atomic E-state index is 5.55. The van der Waals surface area contributed by atoms with E-state index >= 15 is 0 Å². The molecule has 3 nitrogen and oxygen atoms in total. The van der Waals surface area contributed by atoms with Crippen LogP contribution in [0.15, 0.2) is 18.3 Å². The molecule has 1 aliphatic rings. The lowest BCUT2D eigenvalue weighted by Gasteiger charge is -2.45. The van der Waals surface area contributed by atoms with Gasteiger partial charge in [0.1, 0.15) is 0 Å². The van der Waals surface area contributed by atoms with Gasteiger partial charge < -0.3 is 4.98 Å². The van der Waals surface area contributed by atoms with Gasteiger partial charge >= 0.3 is 0 Å². The van der Waals surface area contributed by atoms with Gasteiger partial charge in [-0.25, -0.2) is 4.98 Å². The van der Waals surface area contributed by atoms with Crippen LogP contribution in [0.5, 0.6) is 0 Å². The second kappa shape index (κ2) is 4.42. The summed E-state index contributed by atoms with van der Waals surface area (Å²) in [7, 11) is 0. The molecule has 1 saturated carbocycles. The van der Waals surface area contributed by atoms with E-state index in [2.05, 4.69) is 42.2 Å². The van der Waals surface area contributed by atoms with Crippen molar-refractivity contribution in [3.8, 4) is 0 Å². The predicted octanol–water partition coefficient (Wildman–Crippen LogP) is 4.87. The highest BCUT2D eigenvalue weighted by Gasteiger charge is 2.39. The minimum absolute atomic E-state index is 0.347. The molecule has 1 N–H and O–H groups in total. The second-order valence-electron chi connectivity index (χ2n) is 7.74. The lowest BCUT2D eigenvalue weighted by Crippen LogP contribution is -2.35. The molecule has 0 aromatic carbocycles. The van der Waals surface area contributed by atoms with E-state index < -0.39 is 0 Å². The number of pyridine rings is 1. The molecule has 0 spiro atoms. The van der Waals surface area contributed by atoms with Crippen LogP contribution in [0.2, 0.25) is 0 Å². The molecular formula is C16H23N3S. The molecule has 1 aliphatic carbocycles. The smallest absolute Gasteiger partial charge is 0.179 e. The summed E-state index contributed by atoms with van der Waals surface area (Å²) < 4.78 is 3.05. The summed E-state index contributed by atoms with van der Waals surface area (Å²) >= 11 is 5.55. The van der Waals surface area contributed by atoms with Crippen molar-refractivity contribution in [3.63, 3.8) is 0 Å². The van der Waals surface area contributed by atoms with Crippen molar-refractivity contribution < 1.29 is 0 Å². The van der Waals surface area contributed by atoms with Crippen LogP contribution in [0.1, 0.15) is 53.0 Å². The normalized spacial score (nSPS) is 22.2. The van der Waals surface area contributed by atoms with Crippen molar-refractivity contribution in [1.82, 2.24) is 14.5 Å². The van der Waals surface area contributed by atoms with Crippen LogP contribution in [-0.4, -0.2) is 14.5 Å². The fourth-order valence-electron chi connectivity index (χ4n) is 4.27. The highest BCUT2D eigenvalue weighted by molar-refractivity contribution is 7.71. The Morgan fingerprint density at radius 3 is 2.55 bits per heavy atom. The standard InChI is InChI=1S/C16H23N3S/c1-15(2)8-11(9-16(3,4)10-15)19-13-12(18-14(19)20)6-5-7-17-13/h5-7,11H,8-10H2,1-4H3,(H,18,20). The zero-order valence-corrected chi connectivity index (χ0v) is 13.5. The number of H-pyrrole nitrogens is 1. The molecule has 0 radical (unpaired) electrons. The summed E-state index contributed by atoms with van der Waals surface area (Å²) in [5, 5.41) is 0. The number of nitrogens with one attached hydrogen (secondary N) is 1. The van der Waals surface area contributed by atoms with E-state index in [0.29, 0.717) is 16.9 Å². The SMILES string of the molecule is CC1(C)CC(n2c(=S)[nH]c3cccnc32)CC(C)(C)C1. The molecular weight excluding hydrogens is 266 g/mol. The molecule has 0 amide bonds. The first-order chi connectivity index (χ1) is 9.27. The minimum atomic E-state index is 0.347.